The van der Waals surface area contributed by atoms with Crippen LogP contribution in [0, 0.1) is 5.82 Å². The normalized spacial score (nSPS) is 10.8. The molecule has 0 aliphatic heterocycles. The molecule has 2 rings (SSSR count). The van der Waals surface area contributed by atoms with Crippen molar-refractivity contribution in [2.24, 2.45) is 0 Å². The van der Waals surface area contributed by atoms with Gasteiger partial charge in [0.2, 0.25) is 0 Å². The fourth-order valence-corrected chi connectivity index (χ4v) is 2.40. The number of rotatable bonds is 11. The Morgan fingerprint density at radius 3 is 2.58 bits per heavy atom. The third-order valence-electron chi connectivity index (χ3n) is 3.82. The molecule has 0 aromatic heterocycles. The van der Waals surface area contributed by atoms with Gasteiger partial charge < -0.3 is 10.2 Å². The quantitative estimate of drug-likeness (QED) is 0.447. The van der Waals surface area contributed by atoms with Gasteiger partial charge in [-0.25, -0.2) is 9.82 Å². The molecule has 0 saturated heterocycles. The molecule has 0 radical (unpaired) electrons. The Balaban J connectivity index is 1.71. The maximum absolute atomic E-state index is 14.1. The topological polar surface area (TPSA) is 33.3 Å². The van der Waals surface area contributed by atoms with Crippen molar-refractivity contribution in [3.8, 4) is 0 Å². The fraction of sp³-hybridized carbons (Fsp3) is 0.400. The van der Waals surface area contributed by atoms with Crippen LogP contribution in [-0.2, 0) is 17.9 Å². The number of nitrogens with one attached hydrogen (secondary N) is 2. The molecule has 3 nitrogen and oxygen atoms in total. The van der Waals surface area contributed by atoms with E-state index in [2.05, 4.69) is 17.8 Å². The van der Waals surface area contributed by atoms with Crippen LogP contribution in [0.1, 0.15) is 43.7 Å². The zero-order chi connectivity index (χ0) is 17.0. The molecular formula is C20H27FN2O. The molecule has 4 heteroatoms. The summed E-state index contributed by atoms with van der Waals surface area (Å²) in [4.78, 5) is 0. The molecule has 0 atom stereocenters. The molecule has 2 aromatic rings. The van der Waals surface area contributed by atoms with Crippen LogP contribution in [0.3, 0.4) is 0 Å². The van der Waals surface area contributed by atoms with Crippen molar-refractivity contribution in [2.75, 3.05) is 12.0 Å². The van der Waals surface area contributed by atoms with E-state index in [1.165, 1.54) is 19.3 Å². The minimum absolute atomic E-state index is 0.206. The highest BCUT2D eigenvalue weighted by atomic mass is 19.1. The third-order valence-corrected chi connectivity index (χ3v) is 3.82. The zero-order valence-corrected chi connectivity index (χ0v) is 14.4. The predicted octanol–water partition coefficient (Wildman–Crippen LogP) is 5.04. The monoisotopic (exact) mass is 330 g/mol. The molecule has 0 bridgehead atoms. The Morgan fingerprint density at radius 1 is 1.00 bits per heavy atom. The zero-order valence-electron chi connectivity index (χ0n) is 14.4. The van der Waals surface area contributed by atoms with Gasteiger partial charge in [0.1, 0.15) is 5.82 Å². The standard InChI is InChI=1S/C20H27FN2O/c1-2-3-4-8-13-24-16-18-12-11-17(14-20(18)21)15-22-23-19-9-6-5-7-10-19/h5-7,9-12,14,22-23H,2-4,8,13,15-16H2,1H3. The molecule has 2 N–H and O–H groups in total. The summed E-state index contributed by atoms with van der Waals surface area (Å²) in [7, 11) is 0. The Hall–Kier alpha value is -1.91. The predicted molar refractivity (Wildman–Crippen MR) is 97.1 cm³/mol. The first-order valence-corrected chi connectivity index (χ1v) is 8.68. The van der Waals surface area contributed by atoms with Crippen LogP contribution < -0.4 is 10.9 Å². The van der Waals surface area contributed by atoms with Gasteiger partial charge in [-0.2, -0.15) is 0 Å². The van der Waals surface area contributed by atoms with E-state index in [1.807, 2.05) is 36.4 Å². The van der Waals surface area contributed by atoms with Gasteiger partial charge in [-0.15, -0.1) is 0 Å². The molecule has 130 valence electrons. The molecule has 0 aliphatic carbocycles. The van der Waals surface area contributed by atoms with Crippen molar-refractivity contribution < 1.29 is 9.13 Å². The molecule has 24 heavy (non-hydrogen) atoms. The average Bonchev–Trinajstić information content (AvgIpc) is 2.60. The van der Waals surface area contributed by atoms with Crippen LogP contribution in [-0.4, -0.2) is 6.61 Å². The lowest BCUT2D eigenvalue weighted by atomic mass is 10.1. The van der Waals surface area contributed by atoms with Crippen molar-refractivity contribution in [1.82, 2.24) is 5.43 Å². The van der Waals surface area contributed by atoms with E-state index >= 15 is 0 Å². The van der Waals surface area contributed by atoms with Crippen LogP contribution in [0.4, 0.5) is 10.1 Å². The highest BCUT2D eigenvalue weighted by Gasteiger charge is 2.04. The van der Waals surface area contributed by atoms with E-state index in [-0.39, 0.29) is 5.82 Å². The van der Waals surface area contributed by atoms with Gasteiger partial charge in [0.25, 0.3) is 0 Å². The van der Waals surface area contributed by atoms with E-state index in [0.29, 0.717) is 25.3 Å². The molecule has 0 amide bonds. The highest BCUT2D eigenvalue weighted by molar-refractivity contribution is 5.41. The van der Waals surface area contributed by atoms with Crippen LogP contribution in [0.2, 0.25) is 0 Å². The van der Waals surface area contributed by atoms with Gasteiger partial charge in [0, 0.05) is 24.4 Å². The van der Waals surface area contributed by atoms with Crippen LogP contribution in [0.5, 0.6) is 0 Å². The number of unbranched alkanes of at least 4 members (excludes halogenated alkanes) is 3. The minimum Gasteiger partial charge on any atom is -0.377 e. The second-order valence-electron chi connectivity index (χ2n) is 5.88. The number of hydrogen-bond acceptors (Lipinski definition) is 3. The molecule has 0 heterocycles. The summed E-state index contributed by atoms with van der Waals surface area (Å²) in [6, 6.07) is 15.1. The number of hydrogen-bond donors (Lipinski definition) is 2. The van der Waals surface area contributed by atoms with E-state index in [9.17, 15) is 4.39 Å². The first-order chi connectivity index (χ1) is 11.8. The second-order valence-corrected chi connectivity index (χ2v) is 5.88. The summed E-state index contributed by atoms with van der Waals surface area (Å²) in [5.74, 6) is -0.206. The average molecular weight is 330 g/mol. The largest absolute Gasteiger partial charge is 0.377 e. The van der Waals surface area contributed by atoms with Crippen LogP contribution in [0.25, 0.3) is 0 Å². The Kier molecular flexibility index (Phi) is 8.28. The highest BCUT2D eigenvalue weighted by Crippen LogP contribution is 2.12. The van der Waals surface area contributed by atoms with Gasteiger partial charge in [0.05, 0.1) is 6.61 Å². The number of halogens is 1. The third kappa shape index (κ3) is 6.69. The SMILES string of the molecule is CCCCCCOCc1ccc(CNNc2ccccc2)cc1F. The van der Waals surface area contributed by atoms with Gasteiger partial charge in [0.15, 0.2) is 0 Å². The summed E-state index contributed by atoms with van der Waals surface area (Å²) < 4.78 is 19.7. The molecular weight excluding hydrogens is 303 g/mol. The fourth-order valence-electron chi connectivity index (χ4n) is 2.40. The number of benzene rings is 2. The van der Waals surface area contributed by atoms with E-state index in [4.69, 9.17) is 4.74 Å². The molecule has 0 saturated carbocycles. The summed E-state index contributed by atoms with van der Waals surface area (Å²) in [5, 5.41) is 0. The van der Waals surface area contributed by atoms with E-state index < -0.39 is 0 Å². The van der Waals surface area contributed by atoms with E-state index in [1.54, 1.807) is 12.1 Å². The lowest BCUT2D eigenvalue weighted by molar-refractivity contribution is 0.114. The second kappa shape index (κ2) is 10.8. The van der Waals surface area contributed by atoms with Crippen molar-refractivity contribution >= 4 is 5.69 Å². The number of ether oxygens (including phenoxy) is 1. The summed E-state index contributed by atoms with van der Waals surface area (Å²) in [6.07, 6.45) is 4.67. The Morgan fingerprint density at radius 2 is 1.83 bits per heavy atom. The number of para-hydroxylation sites is 1. The van der Waals surface area contributed by atoms with Gasteiger partial charge in [-0.05, 0) is 30.2 Å². The lowest BCUT2D eigenvalue weighted by Crippen LogP contribution is -2.20. The van der Waals surface area contributed by atoms with Crippen molar-refractivity contribution in [1.29, 1.82) is 0 Å². The molecule has 0 unspecified atom stereocenters. The summed E-state index contributed by atoms with van der Waals surface area (Å²) in [5.41, 5.74) is 8.66. The number of hydrazine groups is 1. The van der Waals surface area contributed by atoms with Crippen molar-refractivity contribution in [2.45, 2.75) is 45.8 Å². The number of anilines is 1. The van der Waals surface area contributed by atoms with E-state index in [0.717, 1.165) is 17.7 Å². The maximum Gasteiger partial charge on any atom is 0.129 e. The molecule has 0 fully saturated rings. The first-order valence-electron chi connectivity index (χ1n) is 8.68. The summed E-state index contributed by atoms with van der Waals surface area (Å²) >= 11 is 0. The minimum atomic E-state index is -0.206. The van der Waals surface area contributed by atoms with Crippen LogP contribution in [0.15, 0.2) is 48.5 Å². The smallest absolute Gasteiger partial charge is 0.129 e. The van der Waals surface area contributed by atoms with Gasteiger partial charge in [-0.3, -0.25) is 0 Å². The van der Waals surface area contributed by atoms with Crippen molar-refractivity contribution in [3.05, 3.63) is 65.5 Å². The Bertz CT molecular complexity index is 589. The van der Waals surface area contributed by atoms with Crippen molar-refractivity contribution in [3.63, 3.8) is 0 Å². The maximum atomic E-state index is 14.1. The first kappa shape index (κ1) is 18.4. The van der Waals surface area contributed by atoms with Crippen LogP contribution >= 0.6 is 0 Å². The molecule has 0 aliphatic rings. The lowest BCUT2D eigenvalue weighted by Gasteiger charge is -2.10. The summed E-state index contributed by atoms with van der Waals surface area (Å²) in [6.45, 7) is 3.77. The molecule has 0 spiro atoms. The molecule has 2 aromatic carbocycles. The van der Waals surface area contributed by atoms with Gasteiger partial charge in [-0.1, -0.05) is 56.5 Å². The Labute approximate surface area is 144 Å². The van der Waals surface area contributed by atoms with Gasteiger partial charge >= 0.3 is 0 Å².